The van der Waals surface area contributed by atoms with Crippen molar-refractivity contribution in [2.75, 3.05) is 30.3 Å². The Balaban J connectivity index is 1.45. The van der Waals surface area contributed by atoms with Gasteiger partial charge in [-0.3, -0.25) is 0 Å². The SMILES string of the molecule is Cc1nc(N2CCC3(CC2)COC(C)C3N)c2ccnn2c1Sc1ccnc(N)c1Cl. The Labute approximate surface area is 190 Å². The molecule has 2 fully saturated rings. The van der Waals surface area contributed by atoms with Gasteiger partial charge in [0.1, 0.15) is 16.4 Å². The van der Waals surface area contributed by atoms with Gasteiger partial charge in [-0.15, -0.1) is 0 Å². The van der Waals surface area contributed by atoms with Crippen molar-refractivity contribution in [3.05, 3.63) is 35.2 Å². The van der Waals surface area contributed by atoms with Gasteiger partial charge in [0.15, 0.2) is 5.82 Å². The number of nitrogens with two attached hydrogens (primary N) is 2. The molecule has 5 heterocycles. The fourth-order valence-corrected chi connectivity index (χ4v) is 5.85. The summed E-state index contributed by atoms with van der Waals surface area (Å²) in [4.78, 5) is 12.2. The summed E-state index contributed by atoms with van der Waals surface area (Å²) in [6.45, 7) is 6.63. The van der Waals surface area contributed by atoms with Crippen molar-refractivity contribution in [2.24, 2.45) is 11.1 Å². The first-order valence-electron chi connectivity index (χ1n) is 10.4. The topological polar surface area (TPSA) is 108 Å². The number of aromatic nitrogens is 4. The zero-order chi connectivity index (χ0) is 21.8. The summed E-state index contributed by atoms with van der Waals surface area (Å²) in [5.41, 5.74) is 14.3. The Hall–Kier alpha value is -2.07. The minimum absolute atomic E-state index is 0.0787. The van der Waals surface area contributed by atoms with Crippen molar-refractivity contribution in [3.63, 3.8) is 0 Å². The molecule has 31 heavy (non-hydrogen) atoms. The highest BCUT2D eigenvalue weighted by molar-refractivity contribution is 7.99. The smallest absolute Gasteiger partial charge is 0.155 e. The molecule has 2 atom stereocenters. The highest BCUT2D eigenvalue weighted by Crippen LogP contribution is 2.43. The van der Waals surface area contributed by atoms with Gasteiger partial charge in [-0.1, -0.05) is 23.4 Å². The Kier molecular flexibility index (Phi) is 5.24. The first-order chi connectivity index (χ1) is 14.9. The third-order valence-corrected chi connectivity index (χ3v) is 8.37. The molecule has 0 aliphatic carbocycles. The van der Waals surface area contributed by atoms with E-state index in [4.69, 9.17) is 32.8 Å². The van der Waals surface area contributed by atoms with E-state index in [0.29, 0.717) is 10.8 Å². The zero-order valence-corrected chi connectivity index (χ0v) is 19.2. The number of ether oxygens (including phenoxy) is 1. The predicted molar refractivity (Wildman–Crippen MR) is 123 cm³/mol. The maximum atomic E-state index is 6.49. The van der Waals surface area contributed by atoms with E-state index in [1.807, 2.05) is 23.6 Å². The van der Waals surface area contributed by atoms with E-state index in [1.165, 1.54) is 11.8 Å². The van der Waals surface area contributed by atoms with Crippen molar-refractivity contribution in [2.45, 2.75) is 48.8 Å². The van der Waals surface area contributed by atoms with Crippen LogP contribution in [-0.2, 0) is 4.74 Å². The maximum absolute atomic E-state index is 6.49. The lowest BCUT2D eigenvalue weighted by atomic mass is 9.73. The molecule has 0 aromatic carbocycles. The van der Waals surface area contributed by atoms with Gasteiger partial charge in [0, 0.05) is 35.6 Å². The second-order valence-corrected chi connectivity index (χ2v) is 9.86. The minimum Gasteiger partial charge on any atom is -0.382 e. The quantitative estimate of drug-likeness (QED) is 0.615. The second-order valence-electron chi connectivity index (χ2n) is 8.46. The van der Waals surface area contributed by atoms with Gasteiger partial charge in [0.25, 0.3) is 0 Å². The summed E-state index contributed by atoms with van der Waals surface area (Å²) in [5.74, 6) is 1.27. The van der Waals surface area contributed by atoms with Gasteiger partial charge < -0.3 is 21.1 Å². The molecule has 2 aliphatic heterocycles. The summed E-state index contributed by atoms with van der Waals surface area (Å²) < 4.78 is 7.80. The van der Waals surface area contributed by atoms with Crippen molar-refractivity contribution >= 4 is 40.5 Å². The lowest BCUT2D eigenvalue weighted by Crippen LogP contribution is -2.50. The molecule has 164 valence electrons. The molecule has 2 unspecified atom stereocenters. The minimum atomic E-state index is 0.0787. The van der Waals surface area contributed by atoms with E-state index in [1.54, 1.807) is 12.4 Å². The van der Waals surface area contributed by atoms with Crippen LogP contribution in [0.1, 0.15) is 25.5 Å². The summed E-state index contributed by atoms with van der Waals surface area (Å²) in [7, 11) is 0. The molecular weight excluding hydrogens is 434 g/mol. The number of pyridine rings is 1. The average molecular weight is 460 g/mol. The van der Waals surface area contributed by atoms with Crippen molar-refractivity contribution in [1.82, 2.24) is 19.6 Å². The third kappa shape index (κ3) is 3.44. The highest BCUT2D eigenvalue weighted by Gasteiger charge is 2.47. The predicted octanol–water partition coefficient (Wildman–Crippen LogP) is 3.15. The molecule has 2 saturated heterocycles. The fraction of sp³-hybridized carbons (Fsp3) is 0.476. The number of aryl methyl sites for hydroxylation is 1. The Bertz CT molecular complexity index is 1130. The standard InChI is InChI=1S/C21H26ClN7OS/c1-12-20(31-15-4-7-25-18(24)16(15)22)29-14(3-8-26-29)19(27-12)28-9-5-21(6-10-28)11-30-13(2)17(21)23/h3-4,7-8,13,17H,5-6,9-11,23H2,1-2H3,(H2,24,25). The van der Waals surface area contributed by atoms with Crippen molar-refractivity contribution < 1.29 is 4.74 Å². The van der Waals surface area contributed by atoms with Gasteiger partial charge >= 0.3 is 0 Å². The van der Waals surface area contributed by atoms with Crippen LogP contribution in [0, 0.1) is 12.3 Å². The van der Waals surface area contributed by atoms with E-state index in [0.717, 1.165) is 59.5 Å². The maximum Gasteiger partial charge on any atom is 0.155 e. The van der Waals surface area contributed by atoms with Gasteiger partial charge in [-0.2, -0.15) is 5.10 Å². The van der Waals surface area contributed by atoms with Crippen LogP contribution in [-0.4, -0.2) is 51.4 Å². The lowest BCUT2D eigenvalue weighted by molar-refractivity contribution is 0.0974. The van der Waals surface area contributed by atoms with Gasteiger partial charge in [0.2, 0.25) is 0 Å². The molecule has 0 amide bonds. The number of piperidine rings is 1. The number of nitrogens with zero attached hydrogens (tertiary/aromatic N) is 5. The van der Waals surface area contributed by atoms with Crippen LogP contribution in [0.5, 0.6) is 0 Å². The molecule has 0 saturated carbocycles. The van der Waals surface area contributed by atoms with Crippen LogP contribution >= 0.6 is 23.4 Å². The van der Waals surface area contributed by atoms with E-state index in [9.17, 15) is 0 Å². The van der Waals surface area contributed by atoms with Crippen LogP contribution in [0.3, 0.4) is 0 Å². The van der Waals surface area contributed by atoms with E-state index in [-0.39, 0.29) is 17.6 Å². The highest BCUT2D eigenvalue weighted by atomic mass is 35.5. The number of anilines is 2. The Morgan fingerprint density at radius 3 is 2.74 bits per heavy atom. The average Bonchev–Trinajstić information content (AvgIpc) is 3.35. The number of hydrogen-bond acceptors (Lipinski definition) is 8. The molecule has 8 nitrogen and oxygen atoms in total. The fourth-order valence-electron chi connectivity index (χ4n) is 4.66. The van der Waals surface area contributed by atoms with Crippen LogP contribution in [0.25, 0.3) is 5.52 Å². The normalized spacial score (nSPS) is 23.2. The summed E-state index contributed by atoms with van der Waals surface area (Å²) in [6.07, 6.45) is 5.59. The number of hydrogen-bond donors (Lipinski definition) is 2. The van der Waals surface area contributed by atoms with E-state index in [2.05, 4.69) is 21.9 Å². The number of nitrogen functional groups attached to an aromatic ring is 1. The Morgan fingerprint density at radius 2 is 2.03 bits per heavy atom. The third-order valence-electron chi connectivity index (χ3n) is 6.64. The van der Waals surface area contributed by atoms with Gasteiger partial charge in [-0.25, -0.2) is 14.5 Å². The van der Waals surface area contributed by atoms with Gasteiger partial charge in [-0.05, 0) is 38.8 Å². The molecule has 4 N–H and O–H groups in total. The molecule has 3 aromatic rings. The van der Waals surface area contributed by atoms with E-state index < -0.39 is 0 Å². The van der Waals surface area contributed by atoms with Crippen molar-refractivity contribution in [3.8, 4) is 0 Å². The lowest BCUT2D eigenvalue weighted by Gasteiger charge is -2.41. The number of halogens is 1. The number of rotatable bonds is 3. The largest absolute Gasteiger partial charge is 0.382 e. The second kappa shape index (κ2) is 7.81. The molecule has 0 radical (unpaired) electrons. The summed E-state index contributed by atoms with van der Waals surface area (Å²) in [6, 6.07) is 3.95. The van der Waals surface area contributed by atoms with Gasteiger partial charge in [0.05, 0.1) is 29.6 Å². The first kappa shape index (κ1) is 20.8. The molecule has 10 heteroatoms. The van der Waals surface area contributed by atoms with Crippen LogP contribution in [0.15, 0.2) is 34.4 Å². The summed E-state index contributed by atoms with van der Waals surface area (Å²) >= 11 is 7.86. The number of fused-ring (bicyclic) bond motifs is 1. The van der Waals surface area contributed by atoms with Crippen LogP contribution in [0.4, 0.5) is 11.6 Å². The van der Waals surface area contributed by atoms with Crippen LogP contribution < -0.4 is 16.4 Å². The molecule has 1 spiro atoms. The molecule has 2 aliphatic rings. The van der Waals surface area contributed by atoms with Crippen molar-refractivity contribution in [1.29, 1.82) is 0 Å². The monoisotopic (exact) mass is 459 g/mol. The Morgan fingerprint density at radius 1 is 1.26 bits per heavy atom. The molecule has 3 aromatic heterocycles. The molecule has 5 rings (SSSR count). The van der Waals surface area contributed by atoms with Crippen LogP contribution in [0.2, 0.25) is 5.02 Å². The first-order valence-corrected chi connectivity index (χ1v) is 11.6. The van der Waals surface area contributed by atoms with E-state index >= 15 is 0 Å². The zero-order valence-electron chi connectivity index (χ0n) is 17.6. The molecular formula is C21H26ClN7OS. The molecule has 0 bridgehead atoms. The summed E-state index contributed by atoms with van der Waals surface area (Å²) in [5, 5.41) is 5.93.